The van der Waals surface area contributed by atoms with Gasteiger partial charge in [-0.05, 0) is 13.3 Å². The third-order valence-electron chi connectivity index (χ3n) is 3.47. The summed E-state index contributed by atoms with van der Waals surface area (Å²) in [7, 11) is 0. The fraction of sp³-hybridized carbons (Fsp3) is 0.857. The Balaban J connectivity index is 2.22. The van der Waals surface area contributed by atoms with E-state index in [9.17, 15) is 9.59 Å². The minimum Gasteiger partial charge on any atom is -0.345 e. The second kappa shape index (κ2) is 8.91. The number of nitrogens with zero attached hydrogens (tertiary/aromatic N) is 1. The van der Waals surface area contributed by atoms with Crippen LogP contribution in [0.15, 0.2) is 0 Å². The van der Waals surface area contributed by atoms with Crippen molar-refractivity contribution in [2.24, 2.45) is 0 Å². The van der Waals surface area contributed by atoms with Gasteiger partial charge >= 0.3 is 11.8 Å². The second-order valence-electron chi connectivity index (χ2n) is 5.27. The van der Waals surface area contributed by atoms with Crippen LogP contribution in [0.5, 0.6) is 0 Å². The third kappa shape index (κ3) is 6.05. The Kier molecular flexibility index (Phi) is 7.48. The normalized spacial score (nSPS) is 17.1. The zero-order valence-corrected chi connectivity index (χ0v) is 12.2. The van der Waals surface area contributed by atoms with E-state index in [1.54, 1.807) is 4.90 Å². The second-order valence-corrected chi connectivity index (χ2v) is 5.27. The first kappa shape index (κ1) is 16.0. The molecule has 5 nitrogen and oxygen atoms in total. The first-order valence-corrected chi connectivity index (χ1v) is 7.45. The summed E-state index contributed by atoms with van der Waals surface area (Å²) in [4.78, 5) is 25.3. The molecule has 1 fully saturated rings. The molecule has 0 aromatic rings. The Labute approximate surface area is 116 Å². The van der Waals surface area contributed by atoms with Crippen molar-refractivity contribution < 1.29 is 9.59 Å². The van der Waals surface area contributed by atoms with Gasteiger partial charge in [-0.1, -0.05) is 32.6 Å². The van der Waals surface area contributed by atoms with E-state index in [0.29, 0.717) is 13.1 Å². The Bertz CT molecular complexity index is 288. The molecule has 0 bridgehead atoms. The van der Waals surface area contributed by atoms with Gasteiger partial charge in [-0.15, -0.1) is 0 Å². The zero-order valence-electron chi connectivity index (χ0n) is 12.2. The van der Waals surface area contributed by atoms with Crippen LogP contribution in [-0.4, -0.2) is 48.9 Å². The molecule has 0 aromatic heterocycles. The molecule has 1 rings (SSSR count). The van der Waals surface area contributed by atoms with E-state index in [-0.39, 0.29) is 11.9 Å². The van der Waals surface area contributed by atoms with Crippen molar-refractivity contribution in [3.05, 3.63) is 0 Å². The summed E-state index contributed by atoms with van der Waals surface area (Å²) >= 11 is 0. The van der Waals surface area contributed by atoms with Gasteiger partial charge in [0, 0.05) is 32.2 Å². The van der Waals surface area contributed by atoms with Crippen molar-refractivity contribution >= 4 is 11.8 Å². The van der Waals surface area contributed by atoms with E-state index in [2.05, 4.69) is 17.6 Å². The summed E-state index contributed by atoms with van der Waals surface area (Å²) in [5.41, 5.74) is 0. The summed E-state index contributed by atoms with van der Waals surface area (Å²) in [6.07, 6.45) is 5.70. The molecule has 0 aliphatic carbocycles. The maximum atomic E-state index is 11.9. The first-order chi connectivity index (χ1) is 9.15. The number of rotatable bonds is 6. The van der Waals surface area contributed by atoms with Crippen LogP contribution < -0.4 is 10.6 Å². The lowest BCUT2D eigenvalue weighted by atomic mass is 10.1. The molecule has 5 heteroatoms. The number of amides is 2. The lowest BCUT2D eigenvalue weighted by Gasteiger charge is -2.27. The number of hydrogen-bond donors (Lipinski definition) is 2. The Morgan fingerprint density at radius 2 is 1.89 bits per heavy atom. The maximum absolute atomic E-state index is 11.9. The number of carbonyl (C=O) groups excluding carboxylic acids is 2. The third-order valence-corrected chi connectivity index (χ3v) is 3.47. The Morgan fingerprint density at radius 3 is 2.53 bits per heavy atom. The SMILES string of the molecule is CCCCCCC(C)NC(=O)C(=O)N1CCNCC1. The molecular weight excluding hydrogens is 242 g/mol. The molecular formula is C14H27N3O2. The molecule has 2 N–H and O–H groups in total. The van der Waals surface area contributed by atoms with Gasteiger partial charge in [0.1, 0.15) is 0 Å². The largest absolute Gasteiger partial charge is 0.345 e. The van der Waals surface area contributed by atoms with E-state index in [1.165, 1.54) is 19.3 Å². The van der Waals surface area contributed by atoms with Crippen molar-refractivity contribution in [3.8, 4) is 0 Å². The fourth-order valence-corrected chi connectivity index (χ4v) is 2.25. The monoisotopic (exact) mass is 269 g/mol. The van der Waals surface area contributed by atoms with Crippen LogP contribution in [0.2, 0.25) is 0 Å². The molecule has 0 radical (unpaired) electrons. The standard InChI is InChI=1S/C14H27N3O2/c1-3-4-5-6-7-12(2)16-13(18)14(19)17-10-8-15-9-11-17/h12,15H,3-11H2,1-2H3,(H,16,18). The van der Waals surface area contributed by atoms with Crippen LogP contribution in [-0.2, 0) is 9.59 Å². The topological polar surface area (TPSA) is 61.4 Å². The number of hydrogen-bond acceptors (Lipinski definition) is 3. The van der Waals surface area contributed by atoms with Gasteiger partial charge in [0.05, 0.1) is 0 Å². The van der Waals surface area contributed by atoms with Crippen LogP contribution in [0.25, 0.3) is 0 Å². The summed E-state index contributed by atoms with van der Waals surface area (Å²) in [6.45, 7) is 6.93. The Morgan fingerprint density at radius 1 is 1.21 bits per heavy atom. The van der Waals surface area contributed by atoms with Gasteiger partial charge in [0.15, 0.2) is 0 Å². The van der Waals surface area contributed by atoms with Crippen molar-refractivity contribution in [1.29, 1.82) is 0 Å². The molecule has 1 unspecified atom stereocenters. The molecule has 2 amide bonds. The van der Waals surface area contributed by atoms with Crippen molar-refractivity contribution in [1.82, 2.24) is 15.5 Å². The van der Waals surface area contributed by atoms with Gasteiger partial charge in [-0.3, -0.25) is 9.59 Å². The molecule has 0 aromatic carbocycles. The average molecular weight is 269 g/mol. The summed E-state index contributed by atoms with van der Waals surface area (Å²) in [5, 5.41) is 5.97. The highest BCUT2D eigenvalue weighted by atomic mass is 16.2. The highest BCUT2D eigenvalue weighted by molar-refractivity contribution is 6.35. The molecule has 1 heterocycles. The summed E-state index contributed by atoms with van der Waals surface area (Å²) in [5.74, 6) is -0.841. The number of unbranched alkanes of at least 4 members (excludes halogenated alkanes) is 3. The van der Waals surface area contributed by atoms with Crippen molar-refractivity contribution in [3.63, 3.8) is 0 Å². The molecule has 0 spiro atoms. The van der Waals surface area contributed by atoms with Gasteiger partial charge < -0.3 is 15.5 Å². The van der Waals surface area contributed by atoms with Crippen molar-refractivity contribution in [2.75, 3.05) is 26.2 Å². The lowest BCUT2D eigenvalue weighted by molar-refractivity contribution is -0.146. The van der Waals surface area contributed by atoms with Crippen LogP contribution in [0.1, 0.15) is 46.0 Å². The molecule has 110 valence electrons. The minimum absolute atomic E-state index is 0.0798. The predicted octanol–water partition coefficient (Wildman–Crippen LogP) is 0.893. The molecule has 1 aliphatic rings. The van der Waals surface area contributed by atoms with Gasteiger partial charge in [0.25, 0.3) is 0 Å². The molecule has 19 heavy (non-hydrogen) atoms. The summed E-state index contributed by atoms with van der Waals surface area (Å²) in [6, 6.07) is 0.0798. The van der Waals surface area contributed by atoms with E-state index in [4.69, 9.17) is 0 Å². The molecule has 1 atom stereocenters. The maximum Gasteiger partial charge on any atom is 0.311 e. The average Bonchev–Trinajstić information content (AvgIpc) is 2.43. The first-order valence-electron chi connectivity index (χ1n) is 7.45. The van der Waals surface area contributed by atoms with E-state index in [0.717, 1.165) is 25.9 Å². The lowest BCUT2D eigenvalue weighted by Crippen LogP contribution is -2.52. The minimum atomic E-state index is -0.454. The molecule has 1 aliphatic heterocycles. The molecule has 0 saturated carbocycles. The number of carbonyl (C=O) groups is 2. The smallest absolute Gasteiger partial charge is 0.311 e. The highest BCUT2D eigenvalue weighted by Gasteiger charge is 2.23. The highest BCUT2D eigenvalue weighted by Crippen LogP contribution is 2.05. The van der Waals surface area contributed by atoms with E-state index >= 15 is 0 Å². The van der Waals surface area contributed by atoms with Gasteiger partial charge in [0.2, 0.25) is 0 Å². The van der Waals surface area contributed by atoms with Gasteiger partial charge in [-0.25, -0.2) is 0 Å². The van der Waals surface area contributed by atoms with Crippen LogP contribution in [0.3, 0.4) is 0 Å². The number of piperazine rings is 1. The Hall–Kier alpha value is -1.10. The quantitative estimate of drug-likeness (QED) is 0.556. The van der Waals surface area contributed by atoms with Crippen LogP contribution >= 0.6 is 0 Å². The van der Waals surface area contributed by atoms with Gasteiger partial charge in [-0.2, -0.15) is 0 Å². The van der Waals surface area contributed by atoms with E-state index in [1.807, 2.05) is 6.92 Å². The fourth-order valence-electron chi connectivity index (χ4n) is 2.25. The predicted molar refractivity (Wildman–Crippen MR) is 75.8 cm³/mol. The molecule has 1 saturated heterocycles. The number of nitrogens with one attached hydrogen (secondary N) is 2. The zero-order chi connectivity index (χ0) is 14.1. The van der Waals surface area contributed by atoms with E-state index < -0.39 is 5.91 Å². The van der Waals surface area contributed by atoms with Crippen LogP contribution in [0, 0.1) is 0 Å². The van der Waals surface area contributed by atoms with Crippen LogP contribution in [0.4, 0.5) is 0 Å². The van der Waals surface area contributed by atoms with Crippen molar-refractivity contribution in [2.45, 2.75) is 52.0 Å². The summed E-state index contributed by atoms with van der Waals surface area (Å²) < 4.78 is 0.